The van der Waals surface area contributed by atoms with Gasteiger partial charge in [-0.2, -0.15) is 0 Å². The van der Waals surface area contributed by atoms with Crippen LogP contribution in [0.25, 0.3) is 0 Å². The molecule has 5 nitrogen and oxygen atoms in total. The molecule has 0 N–H and O–H groups in total. The lowest BCUT2D eigenvalue weighted by atomic mass is 9.86. The van der Waals surface area contributed by atoms with Crippen molar-refractivity contribution in [3.63, 3.8) is 0 Å². The van der Waals surface area contributed by atoms with Crippen LogP contribution in [0.4, 0.5) is 0 Å². The lowest BCUT2D eigenvalue weighted by Gasteiger charge is -2.35. The van der Waals surface area contributed by atoms with Gasteiger partial charge in [0.1, 0.15) is 4.88 Å². The number of carbonyl (C=O) groups is 2. The van der Waals surface area contributed by atoms with Gasteiger partial charge in [0.15, 0.2) is 0 Å². The molecule has 28 heavy (non-hydrogen) atoms. The largest absolute Gasteiger partial charge is 0.339 e. The van der Waals surface area contributed by atoms with Crippen molar-refractivity contribution in [1.82, 2.24) is 14.8 Å². The van der Waals surface area contributed by atoms with E-state index in [1.54, 1.807) is 0 Å². The number of aromatic nitrogens is 1. The van der Waals surface area contributed by atoms with Crippen LogP contribution in [0.5, 0.6) is 0 Å². The lowest BCUT2D eigenvalue weighted by molar-refractivity contribution is -0.133. The van der Waals surface area contributed by atoms with Crippen LogP contribution in [0.2, 0.25) is 0 Å². The van der Waals surface area contributed by atoms with Crippen molar-refractivity contribution in [3.05, 3.63) is 15.6 Å². The number of aryl methyl sites for hydroxylation is 1. The summed E-state index contributed by atoms with van der Waals surface area (Å²) in [5.41, 5.74) is 0.844. The minimum atomic E-state index is 0.0827. The SMILES string of the molecule is Cc1nc(CC(C)C)sc1C(=O)N1CCN(C(=O)CCC2CCCCC2)CC1. The summed E-state index contributed by atoms with van der Waals surface area (Å²) in [5, 5.41) is 1.05. The first kappa shape index (κ1) is 21.3. The number of piperazine rings is 1. The summed E-state index contributed by atoms with van der Waals surface area (Å²) in [6.45, 7) is 8.84. The maximum absolute atomic E-state index is 12.9. The summed E-state index contributed by atoms with van der Waals surface area (Å²) >= 11 is 1.54. The molecule has 0 unspecified atom stereocenters. The van der Waals surface area contributed by atoms with E-state index in [2.05, 4.69) is 18.8 Å². The summed E-state index contributed by atoms with van der Waals surface area (Å²) in [5.74, 6) is 1.64. The molecule has 2 heterocycles. The Morgan fingerprint density at radius 2 is 1.71 bits per heavy atom. The normalized spacial score (nSPS) is 18.7. The Labute approximate surface area is 173 Å². The zero-order valence-corrected chi connectivity index (χ0v) is 18.5. The second-order valence-corrected chi connectivity index (χ2v) is 9.92. The fraction of sp³-hybridized carbons (Fsp3) is 0.773. The third-order valence-electron chi connectivity index (χ3n) is 6.03. The number of hydrogen-bond donors (Lipinski definition) is 0. The quantitative estimate of drug-likeness (QED) is 0.709. The summed E-state index contributed by atoms with van der Waals surface area (Å²) in [6, 6.07) is 0. The second kappa shape index (κ2) is 9.86. The number of nitrogens with zero attached hydrogens (tertiary/aromatic N) is 3. The van der Waals surface area contributed by atoms with E-state index in [9.17, 15) is 9.59 Å². The Balaban J connectivity index is 1.47. The monoisotopic (exact) mass is 405 g/mol. The van der Waals surface area contributed by atoms with Crippen molar-refractivity contribution in [2.24, 2.45) is 11.8 Å². The van der Waals surface area contributed by atoms with Gasteiger partial charge in [0.25, 0.3) is 5.91 Å². The molecule has 1 aromatic rings. The van der Waals surface area contributed by atoms with E-state index in [0.29, 0.717) is 38.5 Å². The fourth-order valence-electron chi connectivity index (χ4n) is 4.35. The molecule has 2 amide bonds. The minimum absolute atomic E-state index is 0.0827. The standard InChI is InChI=1S/C22H35N3O2S/c1-16(2)15-19-23-17(3)21(28-19)22(27)25-13-11-24(12-14-25)20(26)10-9-18-7-5-4-6-8-18/h16,18H,4-15H2,1-3H3. The fourth-order valence-corrected chi connectivity index (χ4v) is 5.60. The molecule has 6 heteroatoms. The maximum Gasteiger partial charge on any atom is 0.265 e. The molecule has 156 valence electrons. The first-order valence-corrected chi connectivity index (χ1v) is 11.8. The Kier molecular flexibility index (Phi) is 7.49. The van der Waals surface area contributed by atoms with Crippen molar-refractivity contribution in [2.75, 3.05) is 26.2 Å². The van der Waals surface area contributed by atoms with Gasteiger partial charge in [-0.3, -0.25) is 9.59 Å². The zero-order valence-electron chi connectivity index (χ0n) is 17.7. The highest BCUT2D eigenvalue weighted by Gasteiger charge is 2.27. The Hall–Kier alpha value is -1.43. The van der Waals surface area contributed by atoms with Gasteiger partial charge in [0, 0.05) is 39.0 Å². The number of rotatable bonds is 6. The van der Waals surface area contributed by atoms with Gasteiger partial charge in [0.2, 0.25) is 5.91 Å². The summed E-state index contributed by atoms with van der Waals surface area (Å²) in [6.07, 6.45) is 9.23. The van der Waals surface area contributed by atoms with Crippen LogP contribution in [0.3, 0.4) is 0 Å². The molecule has 1 aromatic heterocycles. The molecule has 2 fully saturated rings. The van der Waals surface area contributed by atoms with E-state index in [1.807, 2.05) is 16.7 Å². The molecule has 1 saturated carbocycles. The van der Waals surface area contributed by atoms with Gasteiger partial charge in [-0.15, -0.1) is 11.3 Å². The van der Waals surface area contributed by atoms with E-state index >= 15 is 0 Å². The van der Waals surface area contributed by atoms with Crippen LogP contribution in [0.15, 0.2) is 0 Å². The van der Waals surface area contributed by atoms with Crippen molar-refractivity contribution < 1.29 is 9.59 Å². The van der Waals surface area contributed by atoms with Gasteiger partial charge in [-0.25, -0.2) is 4.98 Å². The van der Waals surface area contributed by atoms with Crippen LogP contribution in [-0.4, -0.2) is 52.8 Å². The van der Waals surface area contributed by atoms with E-state index in [4.69, 9.17) is 0 Å². The lowest BCUT2D eigenvalue weighted by Crippen LogP contribution is -2.50. The molecule has 0 aromatic carbocycles. The highest BCUT2D eigenvalue weighted by Crippen LogP contribution is 2.28. The molecular weight excluding hydrogens is 370 g/mol. The van der Waals surface area contributed by atoms with Crippen LogP contribution in [0, 0.1) is 18.8 Å². The number of amides is 2. The van der Waals surface area contributed by atoms with E-state index in [0.717, 1.165) is 34.3 Å². The Morgan fingerprint density at radius 1 is 1.07 bits per heavy atom. The number of thiazole rings is 1. The van der Waals surface area contributed by atoms with Crippen molar-refractivity contribution in [2.45, 2.75) is 72.1 Å². The zero-order chi connectivity index (χ0) is 20.1. The predicted molar refractivity (Wildman–Crippen MR) is 114 cm³/mol. The van der Waals surface area contributed by atoms with Crippen LogP contribution in [-0.2, 0) is 11.2 Å². The van der Waals surface area contributed by atoms with Gasteiger partial charge in [-0.1, -0.05) is 46.0 Å². The molecule has 0 radical (unpaired) electrons. The van der Waals surface area contributed by atoms with Crippen molar-refractivity contribution >= 4 is 23.2 Å². The number of carbonyl (C=O) groups excluding carboxylic acids is 2. The van der Waals surface area contributed by atoms with E-state index in [-0.39, 0.29) is 11.8 Å². The third-order valence-corrected chi connectivity index (χ3v) is 7.20. The molecular formula is C22H35N3O2S. The molecule has 0 bridgehead atoms. The van der Waals surface area contributed by atoms with E-state index < -0.39 is 0 Å². The molecule has 3 rings (SSSR count). The van der Waals surface area contributed by atoms with E-state index in [1.165, 1.54) is 43.4 Å². The minimum Gasteiger partial charge on any atom is -0.339 e. The van der Waals surface area contributed by atoms with Crippen molar-refractivity contribution in [1.29, 1.82) is 0 Å². The topological polar surface area (TPSA) is 53.5 Å². The summed E-state index contributed by atoms with van der Waals surface area (Å²) < 4.78 is 0. The molecule has 0 atom stereocenters. The average Bonchev–Trinajstić information content (AvgIpc) is 3.05. The summed E-state index contributed by atoms with van der Waals surface area (Å²) in [4.78, 5) is 34.7. The first-order chi connectivity index (χ1) is 13.4. The second-order valence-electron chi connectivity index (χ2n) is 8.84. The first-order valence-electron chi connectivity index (χ1n) is 11.0. The van der Waals surface area contributed by atoms with Gasteiger partial charge >= 0.3 is 0 Å². The van der Waals surface area contributed by atoms with Crippen LogP contribution >= 0.6 is 11.3 Å². The van der Waals surface area contributed by atoms with Gasteiger partial charge < -0.3 is 9.80 Å². The average molecular weight is 406 g/mol. The van der Waals surface area contributed by atoms with Crippen LogP contribution in [0.1, 0.15) is 79.2 Å². The highest BCUT2D eigenvalue weighted by molar-refractivity contribution is 7.13. The summed E-state index contributed by atoms with van der Waals surface area (Å²) in [7, 11) is 0. The highest BCUT2D eigenvalue weighted by atomic mass is 32.1. The molecule has 1 saturated heterocycles. The molecule has 2 aliphatic rings. The van der Waals surface area contributed by atoms with Gasteiger partial charge in [0.05, 0.1) is 10.7 Å². The number of hydrogen-bond acceptors (Lipinski definition) is 4. The maximum atomic E-state index is 12.9. The molecule has 1 aliphatic carbocycles. The smallest absolute Gasteiger partial charge is 0.265 e. The van der Waals surface area contributed by atoms with Crippen LogP contribution < -0.4 is 0 Å². The molecule has 0 spiro atoms. The Morgan fingerprint density at radius 3 is 2.36 bits per heavy atom. The van der Waals surface area contributed by atoms with Crippen molar-refractivity contribution in [3.8, 4) is 0 Å². The predicted octanol–water partition coefficient (Wildman–Crippen LogP) is 4.29. The molecule has 1 aliphatic heterocycles. The van der Waals surface area contributed by atoms with Gasteiger partial charge in [-0.05, 0) is 25.2 Å². The third kappa shape index (κ3) is 5.56. The Bertz CT molecular complexity index is 671.